The molecule has 0 unspecified atom stereocenters. The van der Waals surface area contributed by atoms with Crippen LogP contribution in [0.5, 0.6) is 0 Å². The highest BCUT2D eigenvalue weighted by molar-refractivity contribution is 6.31. The smallest absolute Gasteiger partial charge is 0.266 e. The van der Waals surface area contributed by atoms with E-state index < -0.39 is 0 Å². The lowest BCUT2D eigenvalue weighted by atomic mass is 10.1. The zero-order valence-electron chi connectivity index (χ0n) is 15.6. The number of halogens is 1. The Kier molecular flexibility index (Phi) is 4.99. The molecule has 0 saturated heterocycles. The van der Waals surface area contributed by atoms with Crippen LogP contribution in [0.1, 0.15) is 22.5 Å². The zero-order chi connectivity index (χ0) is 20.4. The van der Waals surface area contributed by atoms with E-state index in [1.54, 1.807) is 41.0 Å². The van der Waals surface area contributed by atoms with Crippen molar-refractivity contribution < 1.29 is 0 Å². The number of hydrogen-bond donors (Lipinski definition) is 0. The topological polar surface area (TPSA) is 58.7 Å². The number of nitriles is 1. The first kappa shape index (κ1) is 18.7. The number of rotatable bonds is 3. The summed E-state index contributed by atoms with van der Waals surface area (Å²) in [4.78, 5) is 18.1. The maximum atomic E-state index is 13.4. The molecule has 1 heterocycles. The number of para-hydroxylation sites is 1. The number of benzene rings is 3. The standard InChI is InChI=1S/C24H16ClN3O/c1-16-6-2-5-9-22(16)28-23(13-10-17-7-3-4-8-18(17)15-26)27-21-12-11-19(25)14-20(21)24(28)29/h2-14H,1H3/b13-10+. The van der Waals surface area contributed by atoms with Gasteiger partial charge in [-0.15, -0.1) is 0 Å². The Hall–Kier alpha value is -3.68. The van der Waals surface area contributed by atoms with E-state index in [0.29, 0.717) is 27.3 Å². The predicted molar refractivity (Wildman–Crippen MR) is 117 cm³/mol. The molecule has 0 atom stereocenters. The van der Waals surface area contributed by atoms with Crippen molar-refractivity contribution in [1.29, 1.82) is 5.26 Å². The fraction of sp³-hybridized carbons (Fsp3) is 0.0417. The molecule has 140 valence electrons. The molecule has 0 bridgehead atoms. The molecule has 0 aliphatic heterocycles. The Labute approximate surface area is 173 Å². The maximum absolute atomic E-state index is 13.4. The van der Waals surface area contributed by atoms with Crippen LogP contribution in [-0.2, 0) is 0 Å². The monoisotopic (exact) mass is 397 g/mol. The maximum Gasteiger partial charge on any atom is 0.266 e. The average molecular weight is 398 g/mol. The van der Waals surface area contributed by atoms with Gasteiger partial charge in [-0.3, -0.25) is 9.36 Å². The molecule has 29 heavy (non-hydrogen) atoms. The molecule has 3 aromatic carbocycles. The average Bonchev–Trinajstić information content (AvgIpc) is 2.74. The first-order valence-corrected chi connectivity index (χ1v) is 9.42. The van der Waals surface area contributed by atoms with Crippen molar-refractivity contribution in [3.8, 4) is 11.8 Å². The molecule has 0 fully saturated rings. The second-order valence-corrected chi connectivity index (χ2v) is 7.03. The minimum atomic E-state index is -0.194. The largest absolute Gasteiger partial charge is 0.268 e. The highest BCUT2D eigenvalue weighted by Gasteiger charge is 2.13. The van der Waals surface area contributed by atoms with Gasteiger partial charge in [0.1, 0.15) is 5.82 Å². The molecule has 0 aliphatic rings. The quantitative estimate of drug-likeness (QED) is 0.465. The van der Waals surface area contributed by atoms with Gasteiger partial charge in [-0.2, -0.15) is 5.26 Å². The summed E-state index contributed by atoms with van der Waals surface area (Å²) in [6.07, 6.45) is 3.56. The van der Waals surface area contributed by atoms with Crippen molar-refractivity contribution in [1.82, 2.24) is 9.55 Å². The summed E-state index contributed by atoms with van der Waals surface area (Å²) in [5.41, 5.74) is 3.39. The van der Waals surface area contributed by atoms with Crippen LogP contribution in [0.3, 0.4) is 0 Å². The highest BCUT2D eigenvalue weighted by Crippen LogP contribution is 2.20. The molecule has 4 aromatic rings. The summed E-state index contributed by atoms with van der Waals surface area (Å²) in [6.45, 7) is 1.95. The lowest BCUT2D eigenvalue weighted by Crippen LogP contribution is -2.23. The van der Waals surface area contributed by atoms with Crippen LogP contribution < -0.4 is 5.56 Å². The minimum absolute atomic E-state index is 0.194. The van der Waals surface area contributed by atoms with E-state index in [2.05, 4.69) is 6.07 Å². The second kappa shape index (κ2) is 7.75. The highest BCUT2D eigenvalue weighted by atomic mass is 35.5. The third kappa shape index (κ3) is 3.56. The van der Waals surface area contributed by atoms with E-state index >= 15 is 0 Å². The molecule has 0 spiro atoms. The summed E-state index contributed by atoms with van der Waals surface area (Å²) >= 11 is 6.11. The van der Waals surface area contributed by atoms with Crippen molar-refractivity contribution in [3.05, 3.63) is 105 Å². The normalized spacial score (nSPS) is 11.1. The van der Waals surface area contributed by atoms with Crippen LogP contribution in [0.4, 0.5) is 0 Å². The second-order valence-electron chi connectivity index (χ2n) is 6.59. The fourth-order valence-corrected chi connectivity index (χ4v) is 3.41. The van der Waals surface area contributed by atoms with Crippen LogP contribution >= 0.6 is 11.6 Å². The van der Waals surface area contributed by atoms with Crippen molar-refractivity contribution in [2.24, 2.45) is 0 Å². The van der Waals surface area contributed by atoms with Gasteiger partial charge in [-0.25, -0.2) is 4.98 Å². The molecule has 0 amide bonds. The number of aromatic nitrogens is 2. The van der Waals surface area contributed by atoms with Gasteiger partial charge in [-0.05, 0) is 60.5 Å². The Morgan fingerprint density at radius 1 is 1.03 bits per heavy atom. The van der Waals surface area contributed by atoms with Crippen molar-refractivity contribution >= 4 is 34.7 Å². The Balaban J connectivity index is 2.00. The van der Waals surface area contributed by atoms with Crippen LogP contribution in [0.15, 0.2) is 71.5 Å². The van der Waals surface area contributed by atoms with Crippen molar-refractivity contribution in [3.63, 3.8) is 0 Å². The molecule has 4 rings (SSSR count). The van der Waals surface area contributed by atoms with Gasteiger partial charge in [0, 0.05) is 5.02 Å². The Morgan fingerprint density at radius 3 is 2.59 bits per heavy atom. The van der Waals surface area contributed by atoms with Crippen LogP contribution in [-0.4, -0.2) is 9.55 Å². The number of hydrogen-bond acceptors (Lipinski definition) is 3. The predicted octanol–water partition coefficient (Wildman–Crippen LogP) is 5.39. The number of aryl methyl sites for hydroxylation is 1. The third-order valence-electron chi connectivity index (χ3n) is 4.71. The lowest BCUT2D eigenvalue weighted by molar-refractivity contribution is 0.934. The van der Waals surface area contributed by atoms with Gasteiger partial charge < -0.3 is 0 Å². The molecule has 0 saturated carbocycles. The third-order valence-corrected chi connectivity index (χ3v) is 4.94. The van der Waals surface area contributed by atoms with E-state index in [1.165, 1.54) is 0 Å². The van der Waals surface area contributed by atoms with Crippen molar-refractivity contribution in [2.75, 3.05) is 0 Å². The van der Waals surface area contributed by atoms with E-state index in [-0.39, 0.29) is 5.56 Å². The van der Waals surface area contributed by atoms with Gasteiger partial charge in [0.15, 0.2) is 0 Å². The first-order chi connectivity index (χ1) is 14.1. The molecule has 0 radical (unpaired) electrons. The van der Waals surface area contributed by atoms with Gasteiger partial charge >= 0.3 is 0 Å². The van der Waals surface area contributed by atoms with Crippen LogP contribution in [0.25, 0.3) is 28.7 Å². The Morgan fingerprint density at radius 2 is 1.79 bits per heavy atom. The van der Waals surface area contributed by atoms with Crippen LogP contribution in [0.2, 0.25) is 5.02 Å². The Bertz CT molecular complexity index is 1360. The lowest BCUT2D eigenvalue weighted by Gasteiger charge is -2.13. The summed E-state index contributed by atoms with van der Waals surface area (Å²) < 4.78 is 1.58. The van der Waals surface area contributed by atoms with E-state index in [4.69, 9.17) is 16.6 Å². The molecule has 4 nitrogen and oxygen atoms in total. The molecular weight excluding hydrogens is 382 g/mol. The summed E-state index contributed by atoms with van der Waals surface area (Å²) in [5, 5.41) is 10.3. The SMILES string of the molecule is Cc1ccccc1-n1c(/C=C/c2ccccc2C#N)nc2ccc(Cl)cc2c1=O. The molecular formula is C24H16ClN3O. The van der Waals surface area contributed by atoms with E-state index in [1.807, 2.05) is 49.4 Å². The van der Waals surface area contributed by atoms with Gasteiger partial charge in [0.05, 0.1) is 28.2 Å². The van der Waals surface area contributed by atoms with E-state index in [9.17, 15) is 10.1 Å². The summed E-state index contributed by atoms with van der Waals surface area (Å²) in [7, 11) is 0. The number of fused-ring (bicyclic) bond motifs is 1. The van der Waals surface area contributed by atoms with Gasteiger partial charge in [0.25, 0.3) is 5.56 Å². The van der Waals surface area contributed by atoms with E-state index in [0.717, 1.165) is 16.8 Å². The molecule has 0 aliphatic carbocycles. The summed E-state index contributed by atoms with van der Waals surface area (Å²) in [5.74, 6) is 0.479. The van der Waals surface area contributed by atoms with Crippen molar-refractivity contribution in [2.45, 2.75) is 6.92 Å². The van der Waals surface area contributed by atoms with Crippen LogP contribution in [0, 0.1) is 18.3 Å². The fourth-order valence-electron chi connectivity index (χ4n) is 3.24. The summed E-state index contributed by atoms with van der Waals surface area (Å²) in [6, 6.07) is 22.2. The number of nitrogens with zero attached hydrogens (tertiary/aromatic N) is 3. The minimum Gasteiger partial charge on any atom is -0.268 e. The first-order valence-electron chi connectivity index (χ1n) is 9.04. The molecule has 0 N–H and O–H groups in total. The van der Waals surface area contributed by atoms with Gasteiger partial charge in [0.2, 0.25) is 0 Å². The molecule has 1 aromatic heterocycles. The zero-order valence-corrected chi connectivity index (χ0v) is 16.4. The molecule has 5 heteroatoms. The van der Waals surface area contributed by atoms with Gasteiger partial charge in [-0.1, -0.05) is 48.0 Å².